The Bertz CT molecular complexity index is 405. The van der Waals surface area contributed by atoms with Crippen LogP contribution in [-0.2, 0) is 5.41 Å². The molecule has 0 bridgehead atoms. The van der Waals surface area contributed by atoms with Crippen molar-refractivity contribution < 1.29 is 13.9 Å². The standard InChI is InChI=1S/C14H20F2O/c1-8-6-12(17)10(9(2)13(15)16)7-11(8)14(3,4)5/h6-7,9,13,17H,1-5H3. The highest BCUT2D eigenvalue weighted by molar-refractivity contribution is 5.45. The van der Waals surface area contributed by atoms with Crippen molar-refractivity contribution >= 4 is 0 Å². The first-order valence-electron chi connectivity index (χ1n) is 5.76. The van der Waals surface area contributed by atoms with Gasteiger partial charge in [0.05, 0.1) is 0 Å². The lowest BCUT2D eigenvalue weighted by molar-refractivity contribution is 0.120. The third kappa shape index (κ3) is 2.96. The second kappa shape index (κ2) is 4.63. The summed E-state index contributed by atoms with van der Waals surface area (Å²) in [5.74, 6) is -0.986. The molecule has 0 spiro atoms. The quantitative estimate of drug-likeness (QED) is 0.816. The van der Waals surface area contributed by atoms with Crippen molar-refractivity contribution in [3.63, 3.8) is 0 Å². The van der Waals surface area contributed by atoms with E-state index in [0.29, 0.717) is 5.56 Å². The van der Waals surface area contributed by atoms with Crippen LogP contribution in [0.25, 0.3) is 0 Å². The number of hydrogen-bond donors (Lipinski definition) is 1. The molecule has 0 aromatic heterocycles. The molecular weight excluding hydrogens is 222 g/mol. The van der Waals surface area contributed by atoms with Gasteiger partial charge in [-0.05, 0) is 29.5 Å². The first-order valence-corrected chi connectivity index (χ1v) is 5.76. The monoisotopic (exact) mass is 242 g/mol. The molecule has 1 rings (SSSR count). The molecule has 96 valence electrons. The molecule has 0 aliphatic carbocycles. The number of alkyl halides is 2. The molecule has 1 atom stereocenters. The van der Waals surface area contributed by atoms with Crippen LogP contribution in [0.2, 0.25) is 0 Å². The highest BCUT2D eigenvalue weighted by Gasteiger charge is 2.24. The SMILES string of the molecule is Cc1cc(O)c(C(C)C(F)F)cc1C(C)(C)C. The Morgan fingerprint density at radius 3 is 2.12 bits per heavy atom. The van der Waals surface area contributed by atoms with E-state index in [1.54, 1.807) is 12.1 Å². The number of aromatic hydroxyl groups is 1. The number of phenols is 1. The highest BCUT2D eigenvalue weighted by Crippen LogP contribution is 2.36. The average molecular weight is 242 g/mol. The van der Waals surface area contributed by atoms with Gasteiger partial charge in [0.2, 0.25) is 6.43 Å². The minimum absolute atomic E-state index is 0.0386. The van der Waals surface area contributed by atoms with Crippen molar-refractivity contribution in [3.05, 3.63) is 28.8 Å². The molecule has 1 N–H and O–H groups in total. The Morgan fingerprint density at radius 2 is 1.71 bits per heavy atom. The molecule has 1 aromatic carbocycles. The summed E-state index contributed by atoms with van der Waals surface area (Å²) < 4.78 is 25.4. The van der Waals surface area contributed by atoms with Crippen LogP contribution in [0, 0.1) is 6.92 Å². The predicted octanol–water partition coefficient (Wildman–Crippen LogP) is 4.37. The minimum Gasteiger partial charge on any atom is -0.508 e. The molecule has 17 heavy (non-hydrogen) atoms. The zero-order valence-corrected chi connectivity index (χ0v) is 11.0. The van der Waals surface area contributed by atoms with Gasteiger partial charge in [0.15, 0.2) is 0 Å². The fraction of sp³-hybridized carbons (Fsp3) is 0.571. The van der Waals surface area contributed by atoms with E-state index in [9.17, 15) is 13.9 Å². The average Bonchev–Trinajstić information content (AvgIpc) is 2.14. The third-order valence-corrected chi connectivity index (χ3v) is 3.05. The van der Waals surface area contributed by atoms with E-state index in [-0.39, 0.29) is 11.2 Å². The van der Waals surface area contributed by atoms with Crippen molar-refractivity contribution in [1.29, 1.82) is 0 Å². The maximum Gasteiger partial charge on any atom is 0.245 e. The van der Waals surface area contributed by atoms with Crippen LogP contribution < -0.4 is 0 Å². The molecule has 1 aromatic rings. The number of benzene rings is 1. The van der Waals surface area contributed by atoms with Gasteiger partial charge in [0.1, 0.15) is 5.75 Å². The van der Waals surface area contributed by atoms with Crippen molar-refractivity contribution in [3.8, 4) is 5.75 Å². The van der Waals surface area contributed by atoms with Crippen molar-refractivity contribution in [1.82, 2.24) is 0 Å². The summed E-state index contributed by atoms with van der Waals surface area (Å²) in [5.41, 5.74) is 2.14. The maximum atomic E-state index is 12.7. The van der Waals surface area contributed by atoms with Gasteiger partial charge in [-0.15, -0.1) is 0 Å². The molecule has 0 heterocycles. The topological polar surface area (TPSA) is 20.2 Å². The number of halogens is 2. The number of hydrogen-bond acceptors (Lipinski definition) is 1. The van der Waals surface area contributed by atoms with Gasteiger partial charge in [0, 0.05) is 11.5 Å². The molecular formula is C14H20F2O. The predicted molar refractivity (Wildman–Crippen MR) is 66.0 cm³/mol. The Morgan fingerprint density at radius 1 is 1.18 bits per heavy atom. The molecule has 1 unspecified atom stereocenters. The van der Waals surface area contributed by atoms with E-state index >= 15 is 0 Å². The van der Waals surface area contributed by atoms with Crippen molar-refractivity contribution in [2.75, 3.05) is 0 Å². The number of rotatable bonds is 2. The summed E-state index contributed by atoms with van der Waals surface area (Å²) in [4.78, 5) is 0. The molecule has 0 amide bonds. The summed E-state index contributed by atoms with van der Waals surface area (Å²) in [6.07, 6.45) is -2.46. The lowest BCUT2D eigenvalue weighted by Crippen LogP contribution is -2.15. The fourth-order valence-corrected chi connectivity index (χ4v) is 2.02. The van der Waals surface area contributed by atoms with Gasteiger partial charge < -0.3 is 5.11 Å². The summed E-state index contributed by atoms with van der Waals surface area (Å²) in [6, 6.07) is 3.29. The van der Waals surface area contributed by atoms with E-state index in [0.717, 1.165) is 11.1 Å². The third-order valence-electron chi connectivity index (χ3n) is 3.05. The van der Waals surface area contributed by atoms with E-state index in [1.165, 1.54) is 6.92 Å². The fourth-order valence-electron chi connectivity index (χ4n) is 2.02. The van der Waals surface area contributed by atoms with Gasteiger partial charge in [0.25, 0.3) is 0 Å². The van der Waals surface area contributed by atoms with Crippen molar-refractivity contribution in [2.45, 2.75) is 52.4 Å². The number of aryl methyl sites for hydroxylation is 1. The summed E-state index contributed by atoms with van der Waals surface area (Å²) in [5, 5.41) is 9.77. The second-order valence-electron chi connectivity index (χ2n) is 5.60. The molecule has 1 nitrogen and oxygen atoms in total. The Labute approximate surface area is 101 Å². The minimum atomic E-state index is -2.46. The van der Waals surface area contributed by atoms with E-state index in [2.05, 4.69) is 0 Å². The molecule has 3 heteroatoms. The molecule has 0 aliphatic rings. The van der Waals surface area contributed by atoms with Crippen LogP contribution in [0.15, 0.2) is 12.1 Å². The lowest BCUT2D eigenvalue weighted by Gasteiger charge is -2.24. The first-order chi connectivity index (χ1) is 7.64. The Hall–Kier alpha value is -1.12. The van der Waals surface area contributed by atoms with Crippen LogP contribution in [0.5, 0.6) is 5.75 Å². The Balaban J connectivity index is 3.34. The maximum absolute atomic E-state index is 12.7. The van der Waals surface area contributed by atoms with Gasteiger partial charge in [-0.2, -0.15) is 0 Å². The molecule has 0 saturated carbocycles. The van der Waals surface area contributed by atoms with Crippen LogP contribution in [0.3, 0.4) is 0 Å². The van der Waals surface area contributed by atoms with Gasteiger partial charge in [-0.25, -0.2) is 8.78 Å². The lowest BCUT2D eigenvalue weighted by atomic mass is 9.81. The molecule has 0 aliphatic heterocycles. The van der Waals surface area contributed by atoms with Crippen LogP contribution >= 0.6 is 0 Å². The Kier molecular flexibility index (Phi) is 3.80. The zero-order valence-electron chi connectivity index (χ0n) is 11.0. The molecule has 0 fully saturated rings. The second-order valence-corrected chi connectivity index (χ2v) is 5.60. The summed E-state index contributed by atoms with van der Waals surface area (Å²) in [6.45, 7) is 9.41. The molecule has 0 saturated heterocycles. The first kappa shape index (κ1) is 13.9. The van der Waals surface area contributed by atoms with Gasteiger partial charge >= 0.3 is 0 Å². The van der Waals surface area contributed by atoms with Gasteiger partial charge in [-0.1, -0.05) is 33.8 Å². The summed E-state index contributed by atoms with van der Waals surface area (Å²) in [7, 11) is 0. The van der Waals surface area contributed by atoms with Crippen LogP contribution in [0.4, 0.5) is 8.78 Å². The number of phenolic OH excluding ortho intramolecular Hbond substituents is 1. The highest BCUT2D eigenvalue weighted by atomic mass is 19.3. The smallest absolute Gasteiger partial charge is 0.245 e. The van der Waals surface area contributed by atoms with Crippen molar-refractivity contribution in [2.24, 2.45) is 0 Å². The van der Waals surface area contributed by atoms with Gasteiger partial charge in [-0.3, -0.25) is 0 Å². The van der Waals surface area contributed by atoms with E-state index < -0.39 is 12.3 Å². The van der Waals surface area contributed by atoms with E-state index in [1.807, 2.05) is 27.7 Å². The largest absolute Gasteiger partial charge is 0.508 e. The normalized spacial score (nSPS) is 14.1. The zero-order chi connectivity index (χ0) is 13.4. The van der Waals surface area contributed by atoms with Crippen LogP contribution in [0.1, 0.15) is 50.3 Å². The molecule has 0 radical (unpaired) electrons. The summed E-state index contributed by atoms with van der Waals surface area (Å²) >= 11 is 0. The van der Waals surface area contributed by atoms with Crippen LogP contribution in [-0.4, -0.2) is 11.5 Å². The van der Waals surface area contributed by atoms with E-state index in [4.69, 9.17) is 0 Å².